The van der Waals surface area contributed by atoms with Crippen molar-refractivity contribution in [3.8, 4) is 0 Å². The van der Waals surface area contributed by atoms with Crippen LogP contribution in [0.2, 0.25) is 0 Å². The summed E-state index contributed by atoms with van der Waals surface area (Å²) in [6, 6.07) is 0. The van der Waals surface area contributed by atoms with Gasteiger partial charge in [-0.05, 0) is 38.5 Å². The molecule has 0 aromatic rings. The lowest BCUT2D eigenvalue weighted by atomic mass is 10.1. The minimum atomic E-state index is 1.08. The van der Waals surface area contributed by atoms with Crippen molar-refractivity contribution in [1.29, 1.82) is 0 Å². The van der Waals surface area contributed by atoms with Crippen LogP contribution in [0.25, 0.3) is 0 Å². The van der Waals surface area contributed by atoms with Crippen LogP contribution in [0.15, 0.2) is 18.2 Å². The quantitative estimate of drug-likeness (QED) is 0.262. The summed E-state index contributed by atoms with van der Waals surface area (Å²) >= 11 is 0. The Bertz CT molecular complexity index is 167. The molecular formula is C17H31. The smallest absolute Gasteiger partial charge is 0.0348 e. The molecule has 0 aliphatic carbocycles. The van der Waals surface area contributed by atoms with Crippen LogP contribution < -0.4 is 0 Å². The molecular weight excluding hydrogens is 204 g/mol. The predicted octanol–water partition coefficient (Wildman–Crippen LogP) is 6.23. The van der Waals surface area contributed by atoms with Gasteiger partial charge in [0, 0.05) is 0 Å². The monoisotopic (exact) mass is 235 g/mol. The van der Waals surface area contributed by atoms with Crippen LogP contribution in [0, 0.1) is 6.58 Å². The molecule has 0 heteroatoms. The number of unbranched alkanes of at least 4 members (excludes halogenated alkanes) is 10. The van der Waals surface area contributed by atoms with Crippen LogP contribution in [-0.4, -0.2) is 0 Å². The average Bonchev–Trinajstić information content (AvgIpc) is 2.35. The molecule has 0 unspecified atom stereocenters. The molecule has 99 valence electrons. The Morgan fingerprint density at radius 1 is 0.647 bits per heavy atom. The van der Waals surface area contributed by atoms with Crippen LogP contribution in [0.4, 0.5) is 0 Å². The van der Waals surface area contributed by atoms with Crippen molar-refractivity contribution in [3.63, 3.8) is 0 Å². The van der Waals surface area contributed by atoms with Gasteiger partial charge in [0.2, 0.25) is 0 Å². The second-order valence-electron chi connectivity index (χ2n) is 4.90. The SMILES string of the molecule is [CH]=CCCCCCCCC=CCCCCCC. The van der Waals surface area contributed by atoms with Crippen LogP contribution in [0.3, 0.4) is 0 Å². The van der Waals surface area contributed by atoms with Gasteiger partial charge in [-0.3, -0.25) is 0 Å². The zero-order valence-electron chi connectivity index (χ0n) is 11.8. The van der Waals surface area contributed by atoms with Crippen molar-refractivity contribution in [1.82, 2.24) is 0 Å². The molecule has 0 atom stereocenters. The topological polar surface area (TPSA) is 0 Å². The summed E-state index contributed by atoms with van der Waals surface area (Å²) in [6.45, 7) is 7.60. The third kappa shape index (κ3) is 15.5. The molecule has 0 amide bonds. The molecule has 0 saturated carbocycles. The van der Waals surface area contributed by atoms with E-state index in [-0.39, 0.29) is 0 Å². The highest BCUT2D eigenvalue weighted by molar-refractivity contribution is 4.81. The first-order valence-corrected chi connectivity index (χ1v) is 7.60. The van der Waals surface area contributed by atoms with Crippen molar-refractivity contribution in [2.45, 2.75) is 84.0 Å². The third-order valence-corrected chi connectivity index (χ3v) is 3.13. The zero-order chi connectivity index (χ0) is 12.6. The number of hydrogen-bond acceptors (Lipinski definition) is 0. The van der Waals surface area contributed by atoms with Crippen LogP contribution in [-0.2, 0) is 0 Å². The second kappa shape index (κ2) is 15.5. The normalized spacial score (nSPS) is 11.1. The maximum Gasteiger partial charge on any atom is -0.0348 e. The lowest BCUT2D eigenvalue weighted by Gasteiger charge is -1.98. The number of rotatable bonds is 13. The molecule has 0 spiro atoms. The molecule has 0 aliphatic heterocycles. The fourth-order valence-electron chi connectivity index (χ4n) is 1.98. The molecule has 0 N–H and O–H groups in total. The Kier molecular flexibility index (Phi) is 15.0. The molecule has 0 heterocycles. The standard InChI is InChI=1S/C17H31/c1-3-5-7-9-11-13-15-17-16-14-12-10-8-6-4-2/h1,3,14,16H,4-13,15,17H2,2H3. The fourth-order valence-corrected chi connectivity index (χ4v) is 1.98. The van der Waals surface area contributed by atoms with Crippen LogP contribution in [0.5, 0.6) is 0 Å². The van der Waals surface area contributed by atoms with Gasteiger partial charge in [-0.15, -0.1) is 0 Å². The van der Waals surface area contributed by atoms with Crippen LogP contribution in [0.1, 0.15) is 84.0 Å². The Morgan fingerprint density at radius 2 is 1.12 bits per heavy atom. The Balaban J connectivity index is 3.01. The second-order valence-corrected chi connectivity index (χ2v) is 4.90. The summed E-state index contributed by atoms with van der Waals surface area (Å²) in [5, 5.41) is 0. The zero-order valence-corrected chi connectivity index (χ0v) is 11.8. The van der Waals surface area contributed by atoms with E-state index in [9.17, 15) is 0 Å². The number of hydrogen-bond donors (Lipinski definition) is 0. The lowest BCUT2D eigenvalue weighted by molar-refractivity contribution is 0.621. The van der Waals surface area contributed by atoms with Crippen molar-refractivity contribution < 1.29 is 0 Å². The largest absolute Gasteiger partial charge is 0.0885 e. The maximum absolute atomic E-state index is 5.33. The summed E-state index contributed by atoms with van der Waals surface area (Å²) in [4.78, 5) is 0. The minimum Gasteiger partial charge on any atom is -0.0885 e. The molecule has 0 fully saturated rings. The van der Waals surface area contributed by atoms with E-state index in [0.717, 1.165) is 6.42 Å². The summed E-state index contributed by atoms with van der Waals surface area (Å²) in [5.41, 5.74) is 0. The predicted molar refractivity (Wildman–Crippen MR) is 79.1 cm³/mol. The molecule has 0 aromatic carbocycles. The molecule has 1 radical (unpaired) electrons. The molecule has 17 heavy (non-hydrogen) atoms. The molecule has 0 aromatic heterocycles. The first kappa shape index (κ1) is 16.5. The van der Waals surface area contributed by atoms with Gasteiger partial charge in [-0.2, -0.15) is 0 Å². The molecule has 0 saturated heterocycles. The summed E-state index contributed by atoms with van der Waals surface area (Å²) in [6.07, 6.45) is 22.4. The average molecular weight is 235 g/mol. The fraction of sp³-hybridized carbons (Fsp3) is 0.765. The van der Waals surface area contributed by atoms with E-state index in [1.807, 2.05) is 0 Å². The Hall–Kier alpha value is -0.520. The summed E-state index contributed by atoms with van der Waals surface area (Å²) < 4.78 is 0. The van der Waals surface area contributed by atoms with Gasteiger partial charge < -0.3 is 0 Å². The minimum absolute atomic E-state index is 1.08. The van der Waals surface area contributed by atoms with Crippen molar-refractivity contribution >= 4 is 0 Å². The van der Waals surface area contributed by atoms with E-state index in [1.54, 1.807) is 6.08 Å². The van der Waals surface area contributed by atoms with E-state index in [0.29, 0.717) is 0 Å². The van der Waals surface area contributed by atoms with E-state index < -0.39 is 0 Å². The van der Waals surface area contributed by atoms with E-state index in [1.165, 1.54) is 70.6 Å². The number of allylic oxidation sites excluding steroid dienone is 3. The third-order valence-electron chi connectivity index (χ3n) is 3.13. The van der Waals surface area contributed by atoms with Gasteiger partial charge in [0.05, 0.1) is 0 Å². The maximum atomic E-state index is 5.33. The highest BCUT2D eigenvalue weighted by atomic mass is 13.9. The van der Waals surface area contributed by atoms with Crippen molar-refractivity contribution in [2.24, 2.45) is 0 Å². The highest BCUT2D eigenvalue weighted by Crippen LogP contribution is 2.08. The molecule has 0 aliphatic rings. The molecule has 0 rings (SSSR count). The van der Waals surface area contributed by atoms with Crippen molar-refractivity contribution in [3.05, 3.63) is 24.8 Å². The Morgan fingerprint density at radius 3 is 1.65 bits per heavy atom. The van der Waals surface area contributed by atoms with Gasteiger partial charge in [0.1, 0.15) is 0 Å². The Labute approximate surface area is 109 Å². The van der Waals surface area contributed by atoms with Gasteiger partial charge in [0.15, 0.2) is 0 Å². The summed E-state index contributed by atoms with van der Waals surface area (Å²) in [5.74, 6) is 0. The van der Waals surface area contributed by atoms with E-state index in [4.69, 9.17) is 6.58 Å². The lowest BCUT2D eigenvalue weighted by Crippen LogP contribution is -1.78. The van der Waals surface area contributed by atoms with E-state index >= 15 is 0 Å². The van der Waals surface area contributed by atoms with Crippen molar-refractivity contribution in [2.75, 3.05) is 0 Å². The van der Waals surface area contributed by atoms with E-state index in [2.05, 4.69) is 19.1 Å². The molecule has 0 nitrogen and oxygen atoms in total. The first-order chi connectivity index (χ1) is 8.41. The van der Waals surface area contributed by atoms with Gasteiger partial charge in [-0.1, -0.05) is 70.3 Å². The summed E-state index contributed by atoms with van der Waals surface area (Å²) in [7, 11) is 0. The van der Waals surface area contributed by atoms with Gasteiger partial charge in [-0.25, -0.2) is 0 Å². The highest BCUT2D eigenvalue weighted by Gasteiger charge is 1.88. The van der Waals surface area contributed by atoms with Gasteiger partial charge in [0.25, 0.3) is 0 Å². The van der Waals surface area contributed by atoms with Crippen LogP contribution >= 0.6 is 0 Å². The molecule has 0 bridgehead atoms. The van der Waals surface area contributed by atoms with Gasteiger partial charge >= 0.3 is 0 Å². The first-order valence-electron chi connectivity index (χ1n) is 7.60.